The molecule has 0 fully saturated rings. The Morgan fingerprint density at radius 3 is 2.29 bits per heavy atom. The first kappa shape index (κ1) is 31.4. The quantitative estimate of drug-likeness (QED) is 0.165. The van der Waals surface area contributed by atoms with E-state index in [2.05, 4.69) is 10.3 Å². The van der Waals surface area contributed by atoms with E-state index in [1.807, 2.05) is 62.6 Å². The van der Waals surface area contributed by atoms with Crippen molar-refractivity contribution in [2.24, 2.45) is 0 Å². The number of hydrogen-bond donors (Lipinski definition) is 4. The van der Waals surface area contributed by atoms with Gasteiger partial charge in [0.2, 0.25) is 5.95 Å². The number of halogens is 1. The minimum absolute atomic E-state index is 0.0106. The molecule has 0 amide bonds. The summed E-state index contributed by atoms with van der Waals surface area (Å²) in [4.78, 5) is 24.9. The van der Waals surface area contributed by atoms with Crippen molar-refractivity contribution in [1.82, 2.24) is 19.5 Å². The van der Waals surface area contributed by atoms with E-state index in [4.69, 9.17) is 15.1 Å². The molecule has 218 valence electrons. The molecule has 0 aliphatic rings. The predicted molar refractivity (Wildman–Crippen MR) is 157 cm³/mol. The van der Waals surface area contributed by atoms with Crippen LogP contribution in [0.2, 0.25) is 0 Å². The zero-order valence-corrected chi connectivity index (χ0v) is 23.8. The molecule has 4 rings (SSSR count). The number of aliphatic hydroxyl groups is 2. The van der Waals surface area contributed by atoms with Gasteiger partial charge in [0.05, 0.1) is 35.7 Å². The number of aromatic nitrogens is 4. The number of hydrogen-bond acceptors (Lipinski definition) is 7. The van der Waals surface area contributed by atoms with Crippen LogP contribution < -0.4 is 5.32 Å². The Labute approximate surface area is 239 Å². The summed E-state index contributed by atoms with van der Waals surface area (Å²) < 4.78 is 15.7. The van der Waals surface area contributed by atoms with Gasteiger partial charge in [0, 0.05) is 29.9 Å². The van der Waals surface area contributed by atoms with Crippen LogP contribution in [0.4, 0.5) is 16.0 Å². The number of carbonyl (C=O) groups is 1. The van der Waals surface area contributed by atoms with E-state index in [0.717, 1.165) is 11.5 Å². The predicted octanol–water partition coefficient (Wildman–Crippen LogP) is 6.02. The molecule has 10 heteroatoms. The third-order valence-corrected chi connectivity index (χ3v) is 6.20. The topological polar surface area (TPSA) is 133 Å². The summed E-state index contributed by atoms with van der Waals surface area (Å²) in [6.07, 6.45) is -0.667. The molecule has 2 aromatic heterocycles. The second-order valence-electron chi connectivity index (χ2n) is 9.67. The van der Waals surface area contributed by atoms with Crippen LogP contribution in [0.3, 0.4) is 0 Å². The summed E-state index contributed by atoms with van der Waals surface area (Å²) >= 11 is 0. The standard InChI is InChI=1S/C29H32FN5O4.C2H6/c1-18(2)28-34-26(19-8-10-20(30)11-9-19)27(35(28)15-13-22(36)16-23(37)17-25(38)39)24-12-14-31-29(33-24)32-21-6-4-3-5-7-21;1-2/h3-12,14,18,22-23,36-37H,13,15-17H2,1-2H3,(H,38,39)(H,31,32,33);1-2H3. The molecule has 2 aromatic carbocycles. The zero-order chi connectivity index (χ0) is 29.9. The molecule has 4 aromatic rings. The van der Waals surface area contributed by atoms with E-state index >= 15 is 0 Å². The number of nitrogens with zero attached hydrogens (tertiary/aromatic N) is 4. The average molecular weight is 564 g/mol. The van der Waals surface area contributed by atoms with E-state index in [9.17, 15) is 19.4 Å². The van der Waals surface area contributed by atoms with Crippen LogP contribution in [-0.4, -0.2) is 53.0 Å². The molecule has 9 nitrogen and oxygen atoms in total. The first-order valence-corrected chi connectivity index (χ1v) is 13.8. The third-order valence-electron chi connectivity index (χ3n) is 6.20. The lowest BCUT2D eigenvalue weighted by molar-refractivity contribution is -0.139. The number of imidazole rings is 1. The maximum atomic E-state index is 13.8. The Kier molecular flexibility index (Phi) is 11.5. The number of benzene rings is 2. The van der Waals surface area contributed by atoms with Gasteiger partial charge in [-0.15, -0.1) is 0 Å². The Morgan fingerprint density at radius 1 is 0.976 bits per heavy atom. The Morgan fingerprint density at radius 2 is 1.66 bits per heavy atom. The summed E-state index contributed by atoms with van der Waals surface area (Å²) in [7, 11) is 0. The van der Waals surface area contributed by atoms with E-state index < -0.39 is 24.6 Å². The molecule has 0 aliphatic carbocycles. The van der Waals surface area contributed by atoms with Crippen molar-refractivity contribution in [2.75, 3.05) is 5.32 Å². The SMILES string of the molecule is CC.CC(C)c1nc(-c2ccc(F)cc2)c(-c2ccnc(Nc3ccccc3)n2)n1CCC(O)CC(O)CC(=O)O. The first-order chi connectivity index (χ1) is 19.7. The highest BCUT2D eigenvalue weighted by molar-refractivity contribution is 5.78. The molecule has 2 heterocycles. The summed E-state index contributed by atoms with van der Waals surface area (Å²) in [6.45, 7) is 8.35. The van der Waals surface area contributed by atoms with Gasteiger partial charge in [-0.05, 0) is 55.3 Å². The maximum Gasteiger partial charge on any atom is 0.305 e. The van der Waals surface area contributed by atoms with E-state index in [1.165, 1.54) is 12.1 Å². The van der Waals surface area contributed by atoms with Gasteiger partial charge in [0.25, 0.3) is 0 Å². The van der Waals surface area contributed by atoms with Crippen molar-refractivity contribution in [3.63, 3.8) is 0 Å². The Balaban J connectivity index is 0.00000226. The third kappa shape index (κ3) is 8.67. The van der Waals surface area contributed by atoms with Crippen LogP contribution in [0.1, 0.15) is 58.7 Å². The Hall–Kier alpha value is -4.15. The molecule has 0 spiro atoms. The fourth-order valence-electron chi connectivity index (χ4n) is 4.40. The van der Waals surface area contributed by atoms with E-state index in [-0.39, 0.29) is 24.6 Å². The molecule has 41 heavy (non-hydrogen) atoms. The maximum absolute atomic E-state index is 13.8. The smallest absolute Gasteiger partial charge is 0.305 e. The van der Waals surface area contributed by atoms with Crippen molar-refractivity contribution in [1.29, 1.82) is 0 Å². The lowest BCUT2D eigenvalue weighted by atomic mass is 10.1. The van der Waals surface area contributed by atoms with Crippen molar-refractivity contribution in [2.45, 2.75) is 71.6 Å². The fourth-order valence-corrected chi connectivity index (χ4v) is 4.40. The van der Waals surface area contributed by atoms with Gasteiger partial charge in [-0.3, -0.25) is 4.79 Å². The minimum atomic E-state index is -1.15. The highest BCUT2D eigenvalue weighted by Gasteiger charge is 2.24. The number of anilines is 2. The van der Waals surface area contributed by atoms with Crippen molar-refractivity contribution in [3.8, 4) is 22.6 Å². The molecule has 0 bridgehead atoms. The van der Waals surface area contributed by atoms with E-state index in [0.29, 0.717) is 35.1 Å². The van der Waals surface area contributed by atoms with Crippen LogP contribution >= 0.6 is 0 Å². The molecule has 0 saturated carbocycles. The number of nitrogens with one attached hydrogen (secondary N) is 1. The molecule has 0 saturated heterocycles. The molecule has 0 radical (unpaired) electrons. The summed E-state index contributed by atoms with van der Waals surface area (Å²) in [6, 6.07) is 17.4. The molecule has 2 atom stereocenters. The second-order valence-corrected chi connectivity index (χ2v) is 9.67. The number of aliphatic carboxylic acids is 1. The molecule has 0 aliphatic heterocycles. The van der Waals surface area contributed by atoms with Crippen LogP contribution in [0, 0.1) is 5.82 Å². The van der Waals surface area contributed by atoms with E-state index in [1.54, 1.807) is 24.4 Å². The molecule has 4 N–H and O–H groups in total. The molecular weight excluding hydrogens is 525 g/mol. The van der Waals surface area contributed by atoms with Gasteiger partial charge in [0.1, 0.15) is 11.6 Å². The van der Waals surface area contributed by atoms with Crippen molar-refractivity contribution >= 4 is 17.6 Å². The minimum Gasteiger partial charge on any atom is -0.481 e. The van der Waals surface area contributed by atoms with Crippen molar-refractivity contribution in [3.05, 3.63) is 78.5 Å². The summed E-state index contributed by atoms with van der Waals surface area (Å²) in [5.74, 6) is -0.334. The summed E-state index contributed by atoms with van der Waals surface area (Å²) in [5.41, 5.74) is 3.42. The monoisotopic (exact) mass is 563 g/mol. The van der Waals surface area contributed by atoms with Crippen LogP contribution in [0.5, 0.6) is 0 Å². The highest BCUT2D eigenvalue weighted by Crippen LogP contribution is 2.35. The average Bonchev–Trinajstić information content (AvgIpc) is 3.33. The largest absolute Gasteiger partial charge is 0.481 e. The van der Waals surface area contributed by atoms with Gasteiger partial charge < -0.3 is 25.2 Å². The summed E-state index contributed by atoms with van der Waals surface area (Å²) in [5, 5.41) is 32.7. The fraction of sp³-hybridized carbons (Fsp3) is 0.355. The van der Waals surface area contributed by atoms with Gasteiger partial charge in [-0.25, -0.2) is 19.3 Å². The number of aliphatic hydroxyl groups excluding tert-OH is 2. The van der Waals surface area contributed by atoms with Crippen molar-refractivity contribution < 1.29 is 24.5 Å². The van der Waals surface area contributed by atoms with Gasteiger partial charge >= 0.3 is 5.97 Å². The Bertz CT molecular complexity index is 1390. The normalized spacial score (nSPS) is 12.4. The number of rotatable bonds is 12. The van der Waals surface area contributed by atoms with Crippen LogP contribution in [0.25, 0.3) is 22.6 Å². The number of para-hydroxylation sites is 1. The van der Waals surface area contributed by atoms with Gasteiger partial charge in [-0.2, -0.15) is 0 Å². The lowest BCUT2D eigenvalue weighted by Crippen LogP contribution is -2.22. The number of carboxylic acids is 1. The van der Waals surface area contributed by atoms with Gasteiger partial charge in [-0.1, -0.05) is 45.9 Å². The van der Waals surface area contributed by atoms with Crippen LogP contribution in [0.15, 0.2) is 66.9 Å². The highest BCUT2D eigenvalue weighted by atomic mass is 19.1. The second kappa shape index (κ2) is 15.0. The van der Waals surface area contributed by atoms with Gasteiger partial charge in [0.15, 0.2) is 0 Å². The first-order valence-electron chi connectivity index (χ1n) is 13.8. The lowest BCUT2D eigenvalue weighted by Gasteiger charge is -2.18. The van der Waals surface area contributed by atoms with Crippen LogP contribution in [-0.2, 0) is 11.3 Å². The number of carboxylic acid groups (broad SMARTS) is 1. The molecular formula is C31H38FN5O4. The zero-order valence-electron chi connectivity index (χ0n) is 23.8. The molecule has 2 unspecified atom stereocenters.